The van der Waals surface area contributed by atoms with Crippen molar-refractivity contribution < 1.29 is 14.7 Å². The SMILES string of the molecule is O=C(O)CC1(CNC(=O)Cn2cc(-c3ccccc3)ncc2=O)CCCCC1. The molecular formula is C21H25N3O4. The van der Waals surface area contributed by atoms with Gasteiger partial charge in [-0.25, -0.2) is 4.98 Å². The molecule has 0 unspecified atom stereocenters. The van der Waals surface area contributed by atoms with Crippen molar-refractivity contribution in [2.24, 2.45) is 5.41 Å². The number of nitrogens with one attached hydrogen (secondary N) is 1. The number of amides is 1. The zero-order chi connectivity index (χ0) is 20.0. The monoisotopic (exact) mass is 383 g/mol. The zero-order valence-corrected chi connectivity index (χ0v) is 15.8. The molecule has 1 aromatic carbocycles. The summed E-state index contributed by atoms with van der Waals surface area (Å²) in [6.07, 6.45) is 7.50. The highest BCUT2D eigenvalue weighted by atomic mass is 16.4. The second-order valence-electron chi connectivity index (χ2n) is 7.51. The highest BCUT2D eigenvalue weighted by Crippen LogP contribution is 2.38. The molecule has 1 heterocycles. The molecule has 2 N–H and O–H groups in total. The van der Waals surface area contributed by atoms with E-state index in [0.29, 0.717) is 12.2 Å². The lowest BCUT2D eigenvalue weighted by Gasteiger charge is -2.36. The summed E-state index contributed by atoms with van der Waals surface area (Å²) >= 11 is 0. The van der Waals surface area contributed by atoms with Crippen molar-refractivity contribution in [1.82, 2.24) is 14.9 Å². The maximum Gasteiger partial charge on any atom is 0.303 e. The molecule has 1 amide bonds. The van der Waals surface area contributed by atoms with Crippen LogP contribution in [0.3, 0.4) is 0 Å². The number of hydrogen-bond donors (Lipinski definition) is 2. The van der Waals surface area contributed by atoms with Crippen LogP contribution in [0.4, 0.5) is 0 Å². The van der Waals surface area contributed by atoms with E-state index >= 15 is 0 Å². The molecule has 7 heteroatoms. The molecular weight excluding hydrogens is 358 g/mol. The maximum absolute atomic E-state index is 12.4. The molecule has 0 spiro atoms. The number of carbonyl (C=O) groups is 2. The highest BCUT2D eigenvalue weighted by molar-refractivity contribution is 5.76. The summed E-state index contributed by atoms with van der Waals surface area (Å²) < 4.78 is 1.33. The number of carboxylic acid groups (broad SMARTS) is 1. The molecule has 3 rings (SSSR count). The zero-order valence-electron chi connectivity index (χ0n) is 15.8. The van der Waals surface area contributed by atoms with Crippen molar-refractivity contribution in [3.05, 3.63) is 53.1 Å². The van der Waals surface area contributed by atoms with E-state index in [2.05, 4.69) is 10.3 Å². The van der Waals surface area contributed by atoms with Crippen LogP contribution < -0.4 is 10.9 Å². The highest BCUT2D eigenvalue weighted by Gasteiger charge is 2.34. The largest absolute Gasteiger partial charge is 0.481 e. The number of nitrogens with zero attached hydrogens (tertiary/aromatic N) is 2. The van der Waals surface area contributed by atoms with Crippen molar-refractivity contribution in [2.45, 2.75) is 45.1 Å². The molecule has 1 aliphatic rings. The van der Waals surface area contributed by atoms with Crippen molar-refractivity contribution in [1.29, 1.82) is 0 Å². The fourth-order valence-electron chi connectivity index (χ4n) is 3.86. The molecule has 0 atom stereocenters. The van der Waals surface area contributed by atoms with Crippen molar-refractivity contribution in [3.8, 4) is 11.3 Å². The van der Waals surface area contributed by atoms with Crippen LogP contribution in [0.5, 0.6) is 0 Å². The van der Waals surface area contributed by atoms with Gasteiger partial charge in [-0.05, 0) is 18.3 Å². The number of aromatic nitrogens is 2. The minimum absolute atomic E-state index is 0.0562. The van der Waals surface area contributed by atoms with E-state index in [9.17, 15) is 19.5 Å². The average Bonchev–Trinajstić information content (AvgIpc) is 2.69. The van der Waals surface area contributed by atoms with Crippen molar-refractivity contribution in [2.75, 3.05) is 6.54 Å². The lowest BCUT2D eigenvalue weighted by atomic mass is 9.71. The summed E-state index contributed by atoms with van der Waals surface area (Å²) in [5.74, 6) is -1.14. The first-order valence-electron chi connectivity index (χ1n) is 9.58. The first-order chi connectivity index (χ1) is 13.5. The van der Waals surface area contributed by atoms with E-state index in [1.165, 1.54) is 10.8 Å². The van der Waals surface area contributed by atoms with E-state index < -0.39 is 11.4 Å². The fourth-order valence-corrected chi connectivity index (χ4v) is 3.86. The van der Waals surface area contributed by atoms with Gasteiger partial charge in [0.15, 0.2) is 0 Å². The van der Waals surface area contributed by atoms with E-state index in [1.807, 2.05) is 30.3 Å². The Morgan fingerprint density at radius 1 is 1.14 bits per heavy atom. The summed E-state index contributed by atoms with van der Waals surface area (Å²) in [4.78, 5) is 39.9. The van der Waals surface area contributed by atoms with Gasteiger partial charge in [-0.3, -0.25) is 14.4 Å². The summed E-state index contributed by atoms with van der Waals surface area (Å²) in [6.45, 7) is 0.202. The Balaban J connectivity index is 1.67. The Bertz CT molecular complexity index is 886. The average molecular weight is 383 g/mol. The lowest BCUT2D eigenvalue weighted by molar-refractivity contribution is -0.140. The molecule has 1 aromatic heterocycles. The van der Waals surface area contributed by atoms with Crippen LogP contribution in [0.15, 0.2) is 47.5 Å². The summed E-state index contributed by atoms with van der Waals surface area (Å²) in [5, 5.41) is 12.1. The third-order valence-electron chi connectivity index (χ3n) is 5.36. The second-order valence-corrected chi connectivity index (χ2v) is 7.51. The van der Waals surface area contributed by atoms with Gasteiger partial charge in [0, 0.05) is 18.3 Å². The molecule has 0 bridgehead atoms. The van der Waals surface area contributed by atoms with Gasteiger partial charge in [0.05, 0.1) is 18.3 Å². The fraction of sp³-hybridized carbons (Fsp3) is 0.429. The van der Waals surface area contributed by atoms with Crippen LogP contribution in [0.2, 0.25) is 0 Å². The Labute approximate surface area is 163 Å². The third-order valence-corrected chi connectivity index (χ3v) is 5.36. The van der Waals surface area contributed by atoms with E-state index in [0.717, 1.165) is 37.7 Å². The van der Waals surface area contributed by atoms with Gasteiger partial charge >= 0.3 is 5.97 Å². The minimum Gasteiger partial charge on any atom is -0.481 e. The number of aliphatic carboxylic acids is 1. The van der Waals surface area contributed by atoms with Crippen LogP contribution in [-0.2, 0) is 16.1 Å². The topological polar surface area (TPSA) is 101 Å². The molecule has 0 radical (unpaired) electrons. The molecule has 0 aliphatic heterocycles. The van der Waals surface area contributed by atoms with Gasteiger partial charge in [0.1, 0.15) is 6.54 Å². The number of benzene rings is 1. The van der Waals surface area contributed by atoms with E-state index in [1.54, 1.807) is 6.20 Å². The summed E-state index contributed by atoms with van der Waals surface area (Å²) in [6, 6.07) is 9.42. The second kappa shape index (κ2) is 8.82. The standard InChI is InChI=1S/C21H25N3O4/c25-18(23-15-21(11-20(27)28)9-5-2-6-10-21)14-24-13-17(22-12-19(24)26)16-7-3-1-4-8-16/h1,3-4,7-8,12-13H,2,5-6,9-11,14-15H2,(H,23,25)(H,27,28). The lowest BCUT2D eigenvalue weighted by Crippen LogP contribution is -2.42. The molecule has 1 saturated carbocycles. The molecule has 0 saturated heterocycles. The predicted molar refractivity (Wildman–Crippen MR) is 105 cm³/mol. The van der Waals surface area contributed by atoms with E-state index in [-0.39, 0.29) is 24.4 Å². The Hall–Kier alpha value is -2.96. The predicted octanol–water partition coefficient (Wildman–Crippen LogP) is 2.45. The van der Waals surface area contributed by atoms with Gasteiger partial charge in [-0.2, -0.15) is 0 Å². The van der Waals surface area contributed by atoms with Gasteiger partial charge in [0.2, 0.25) is 5.91 Å². The minimum atomic E-state index is -0.839. The van der Waals surface area contributed by atoms with Gasteiger partial charge in [-0.15, -0.1) is 0 Å². The van der Waals surface area contributed by atoms with Crippen LogP contribution in [0.1, 0.15) is 38.5 Å². The van der Waals surface area contributed by atoms with Crippen LogP contribution in [0, 0.1) is 5.41 Å². The quantitative estimate of drug-likeness (QED) is 0.765. The molecule has 28 heavy (non-hydrogen) atoms. The normalized spacial score (nSPS) is 15.7. The molecule has 1 aliphatic carbocycles. The number of carboxylic acids is 1. The van der Waals surface area contributed by atoms with Crippen LogP contribution >= 0.6 is 0 Å². The summed E-state index contributed by atoms with van der Waals surface area (Å²) in [5.41, 5.74) is 0.729. The molecule has 7 nitrogen and oxygen atoms in total. The molecule has 1 fully saturated rings. The van der Waals surface area contributed by atoms with Crippen molar-refractivity contribution >= 4 is 11.9 Å². The maximum atomic E-state index is 12.4. The Kier molecular flexibility index (Phi) is 6.23. The Morgan fingerprint density at radius 2 is 1.86 bits per heavy atom. The number of rotatable bonds is 7. The van der Waals surface area contributed by atoms with Gasteiger partial charge in [-0.1, -0.05) is 49.6 Å². The van der Waals surface area contributed by atoms with Crippen LogP contribution in [-0.4, -0.2) is 33.1 Å². The molecule has 2 aromatic rings. The van der Waals surface area contributed by atoms with Crippen LogP contribution in [0.25, 0.3) is 11.3 Å². The molecule has 148 valence electrons. The number of hydrogen-bond acceptors (Lipinski definition) is 4. The third kappa shape index (κ3) is 5.06. The first-order valence-corrected chi connectivity index (χ1v) is 9.58. The van der Waals surface area contributed by atoms with Gasteiger partial charge < -0.3 is 15.0 Å². The van der Waals surface area contributed by atoms with Gasteiger partial charge in [0.25, 0.3) is 5.56 Å². The van der Waals surface area contributed by atoms with E-state index in [4.69, 9.17) is 0 Å². The first kappa shape index (κ1) is 19.8. The number of carbonyl (C=O) groups excluding carboxylic acids is 1. The Morgan fingerprint density at radius 3 is 2.54 bits per heavy atom. The summed E-state index contributed by atoms with van der Waals surface area (Å²) in [7, 11) is 0. The smallest absolute Gasteiger partial charge is 0.303 e. The van der Waals surface area contributed by atoms with Crippen molar-refractivity contribution in [3.63, 3.8) is 0 Å².